The molecule has 8 nitrogen and oxygen atoms in total. The number of nitrogens with zero attached hydrogens (tertiary/aromatic N) is 3. The number of aromatic nitrogens is 1. The van der Waals surface area contributed by atoms with Crippen LogP contribution in [0, 0.1) is 10.1 Å². The van der Waals surface area contributed by atoms with Crippen LogP contribution in [0.25, 0.3) is 10.2 Å². The van der Waals surface area contributed by atoms with Crippen LogP contribution < -0.4 is 9.54 Å². The number of carbonyl (C=O) groups excluding carboxylic acids is 1. The first-order valence-corrected chi connectivity index (χ1v) is 8.36. The Morgan fingerprint density at radius 2 is 2.20 bits per heavy atom. The summed E-state index contributed by atoms with van der Waals surface area (Å²) in [5.41, 5.74) is 0.869. The lowest BCUT2D eigenvalue weighted by Crippen LogP contribution is -2.17. The van der Waals surface area contributed by atoms with E-state index in [0.717, 1.165) is 22.7 Å². The van der Waals surface area contributed by atoms with E-state index in [4.69, 9.17) is 9.15 Å². The van der Waals surface area contributed by atoms with Crippen LogP contribution in [0.15, 0.2) is 39.7 Å². The summed E-state index contributed by atoms with van der Waals surface area (Å²) in [6, 6.07) is 8.03. The summed E-state index contributed by atoms with van der Waals surface area (Å²) in [5.74, 6) is -0.620. The first kappa shape index (κ1) is 16.9. The third-order valence-corrected chi connectivity index (χ3v) is 4.55. The van der Waals surface area contributed by atoms with Crippen LogP contribution in [-0.4, -0.2) is 22.5 Å². The number of hydrogen-bond donors (Lipinski definition) is 0. The molecular weight excluding hydrogens is 346 g/mol. The Labute approximate surface area is 146 Å². The molecule has 2 heterocycles. The molecule has 0 fully saturated rings. The standard InChI is InChI=1S/C16H15N3O5S/c1-3-9-18-14-10(23-2)5-4-6-12(14)25-16(18)17-15(20)11-7-8-13(24-11)19(21)22/h4-8H,3,9H2,1-2H3. The van der Waals surface area contributed by atoms with Gasteiger partial charge >= 0.3 is 11.8 Å². The number of fused-ring (bicyclic) bond motifs is 1. The van der Waals surface area contributed by atoms with Gasteiger partial charge in [-0.25, -0.2) is 0 Å². The zero-order chi connectivity index (χ0) is 18.0. The summed E-state index contributed by atoms with van der Waals surface area (Å²) in [6.07, 6.45) is 0.845. The summed E-state index contributed by atoms with van der Waals surface area (Å²) < 4.78 is 13.2. The minimum absolute atomic E-state index is 0.167. The highest BCUT2D eigenvalue weighted by Crippen LogP contribution is 2.27. The number of methoxy groups -OCH3 is 1. The summed E-state index contributed by atoms with van der Waals surface area (Å²) in [5, 5.41) is 10.7. The average Bonchev–Trinajstić information content (AvgIpc) is 3.21. The van der Waals surface area contributed by atoms with E-state index < -0.39 is 16.7 Å². The average molecular weight is 361 g/mol. The van der Waals surface area contributed by atoms with Crippen LogP contribution in [-0.2, 0) is 6.54 Å². The van der Waals surface area contributed by atoms with Gasteiger partial charge in [0.05, 0.1) is 17.9 Å². The topological polar surface area (TPSA) is 99.9 Å². The molecule has 25 heavy (non-hydrogen) atoms. The van der Waals surface area contributed by atoms with E-state index in [9.17, 15) is 14.9 Å². The van der Waals surface area contributed by atoms with Crippen LogP contribution >= 0.6 is 11.3 Å². The second-order valence-electron chi connectivity index (χ2n) is 5.16. The maximum atomic E-state index is 12.3. The van der Waals surface area contributed by atoms with Crippen molar-refractivity contribution in [2.45, 2.75) is 19.9 Å². The number of nitro groups is 1. The van der Waals surface area contributed by atoms with Gasteiger partial charge in [-0.15, -0.1) is 0 Å². The van der Waals surface area contributed by atoms with Gasteiger partial charge in [-0.05, 0) is 24.6 Å². The number of rotatable bonds is 5. The molecule has 0 spiro atoms. The molecule has 0 aliphatic carbocycles. The van der Waals surface area contributed by atoms with Crippen LogP contribution in [0.1, 0.15) is 23.9 Å². The largest absolute Gasteiger partial charge is 0.495 e. The lowest BCUT2D eigenvalue weighted by atomic mass is 10.3. The monoisotopic (exact) mass is 361 g/mol. The Morgan fingerprint density at radius 3 is 2.84 bits per heavy atom. The molecule has 1 amide bonds. The summed E-state index contributed by atoms with van der Waals surface area (Å²) in [4.78, 5) is 26.9. The SMILES string of the molecule is CCCn1c(=NC(=O)c2ccc([N+](=O)[O-])o2)sc2cccc(OC)c21. The van der Waals surface area contributed by atoms with Gasteiger partial charge in [-0.1, -0.05) is 24.3 Å². The van der Waals surface area contributed by atoms with Crippen molar-refractivity contribution >= 4 is 33.3 Å². The van der Waals surface area contributed by atoms with Crippen molar-refractivity contribution in [2.75, 3.05) is 7.11 Å². The van der Waals surface area contributed by atoms with Crippen LogP contribution in [0.2, 0.25) is 0 Å². The van der Waals surface area contributed by atoms with E-state index in [0.29, 0.717) is 17.1 Å². The molecular formula is C16H15N3O5S. The Bertz CT molecular complexity index is 1010. The van der Waals surface area contributed by atoms with Gasteiger partial charge in [-0.2, -0.15) is 4.99 Å². The van der Waals surface area contributed by atoms with Gasteiger partial charge < -0.3 is 13.7 Å². The molecule has 0 saturated heterocycles. The molecule has 1 aromatic carbocycles. The van der Waals surface area contributed by atoms with Crippen molar-refractivity contribution in [3.05, 3.63) is 51.0 Å². The number of furan rings is 1. The molecule has 0 saturated carbocycles. The molecule has 0 aliphatic heterocycles. The lowest BCUT2D eigenvalue weighted by Gasteiger charge is -2.06. The second kappa shape index (κ2) is 6.89. The summed E-state index contributed by atoms with van der Waals surface area (Å²) >= 11 is 1.35. The number of thiazole rings is 1. The molecule has 9 heteroatoms. The van der Waals surface area contributed by atoms with Gasteiger partial charge in [-0.3, -0.25) is 14.9 Å². The molecule has 3 aromatic rings. The number of carbonyl (C=O) groups is 1. The Kier molecular flexibility index (Phi) is 4.66. The van der Waals surface area contributed by atoms with Crippen molar-refractivity contribution in [1.29, 1.82) is 0 Å². The predicted octanol–water partition coefficient (Wildman–Crippen LogP) is 3.36. The van der Waals surface area contributed by atoms with Gasteiger partial charge in [0.1, 0.15) is 16.2 Å². The number of ether oxygens (including phenoxy) is 1. The predicted molar refractivity (Wildman–Crippen MR) is 91.9 cm³/mol. The van der Waals surface area contributed by atoms with E-state index in [-0.39, 0.29) is 5.76 Å². The summed E-state index contributed by atoms with van der Waals surface area (Å²) in [6.45, 7) is 2.68. The quantitative estimate of drug-likeness (QED) is 0.512. The molecule has 0 N–H and O–H groups in total. The van der Waals surface area contributed by atoms with Gasteiger partial charge in [0.15, 0.2) is 4.80 Å². The molecule has 0 radical (unpaired) electrons. The Balaban J connectivity index is 2.13. The fourth-order valence-corrected chi connectivity index (χ4v) is 3.53. The van der Waals surface area contributed by atoms with Crippen molar-refractivity contribution in [3.63, 3.8) is 0 Å². The highest BCUT2D eigenvalue weighted by atomic mass is 32.1. The van der Waals surface area contributed by atoms with Crippen LogP contribution in [0.3, 0.4) is 0 Å². The lowest BCUT2D eigenvalue weighted by molar-refractivity contribution is -0.402. The normalized spacial score (nSPS) is 11.8. The number of amides is 1. The van der Waals surface area contributed by atoms with Gasteiger partial charge in [0, 0.05) is 6.54 Å². The maximum Gasteiger partial charge on any atom is 0.433 e. The molecule has 3 rings (SSSR count). The molecule has 0 bridgehead atoms. The summed E-state index contributed by atoms with van der Waals surface area (Å²) in [7, 11) is 1.59. The second-order valence-corrected chi connectivity index (χ2v) is 6.16. The van der Waals surface area contributed by atoms with Crippen molar-refractivity contribution in [2.24, 2.45) is 4.99 Å². The fourth-order valence-electron chi connectivity index (χ4n) is 2.46. The Hall–Kier alpha value is -2.94. The van der Waals surface area contributed by atoms with Crippen LogP contribution in [0.4, 0.5) is 5.88 Å². The third kappa shape index (κ3) is 3.18. The Morgan fingerprint density at radius 1 is 1.40 bits per heavy atom. The molecule has 0 unspecified atom stereocenters. The fraction of sp³-hybridized carbons (Fsp3) is 0.250. The maximum absolute atomic E-state index is 12.3. The highest BCUT2D eigenvalue weighted by Gasteiger charge is 2.18. The minimum Gasteiger partial charge on any atom is -0.495 e. The number of aryl methyl sites for hydroxylation is 1. The number of benzene rings is 1. The van der Waals surface area contributed by atoms with E-state index >= 15 is 0 Å². The van der Waals surface area contributed by atoms with Crippen molar-refractivity contribution in [1.82, 2.24) is 4.57 Å². The van der Waals surface area contributed by atoms with Crippen molar-refractivity contribution in [3.8, 4) is 5.75 Å². The van der Waals surface area contributed by atoms with Crippen molar-refractivity contribution < 1.29 is 18.9 Å². The zero-order valence-electron chi connectivity index (χ0n) is 13.6. The number of hydrogen-bond acceptors (Lipinski definition) is 6. The zero-order valence-corrected chi connectivity index (χ0v) is 14.4. The smallest absolute Gasteiger partial charge is 0.433 e. The molecule has 2 aromatic heterocycles. The molecule has 0 aliphatic rings. The highest BCUT2D eigenvalue weighted by molar-refractivity contribution is 7.16. The van der Waals surface area contributed by atoms with E-state index in [2.05, 4.69) is 4.99 Å². The number of para-hydroxylation sites is 1. The van der Waals surface area contributed by atoms with Gasteiger partial charge in [0.2, 0.25) is 5.76 Å². The third-order valence-electron chi connectivity index (χ3n) is 3.51. The van der Waals surface area contributed by atoms with Gasteiger partial charge in [0.25, 0.3) is 0 Å². The first-order valence-electron chi connectivity index (χ1n) is 7.54. The van der Waals surface area contributed by atoms with E-state index in [1.165, 1.54) is 17.4 Å². The molecule has 0 atom stereocenters. The molecule has 130 valence electrons. The minimum atomic E-state index is -0.696. The van der Waals surface area contributed by atoms with Crippen LogP contribution in [0.5, 0.6) is 5.75 Å². The van der Waals surface area contributed by atoms with E-state index in [1.54, 1.807) is 7.11 Å². The first-order chi connectivity index (χ1) is 12.0. The van der Waals surface area contributed by atoms with E-state index in [1.807, 2.05) is 29.7 Å².